The van der Waals surface area contributed by atoms with Crippen molar-refractivity contribution in [2.45, 2.75) is 33.2 Å². The molecule has 2 N–H and O–H groups in total. The van der Waals surface area contributed by atoms with E-state index >= 15 is 0 Å². The zero-order valence-electron chi connectivity index (χ0n) is 11.7. The molecule has 0 aliphatic rings. The molecule has 5 nitrogen and oxygen atoms in total. The average molecular weight is 252 g/mol. The maximum absolute atomic E-state index is 11.7. The zero-order valence-corrected chi connectivity index (χ0v) is 11.7. The lowest BCUT2D eigenvalue weighted by Gasteiger charge is -2.14. The van der Waals surface area contributed by atoms with Crippen LogP contribution in [0.3, 0.4) is 0 Å². The molecule has 0 radical (unpaired) electrons. The number of carbonyl (C=O) groups excluding carboxylic acids is 1. The molecular weight excluding hydrogens is 228 g/mol. The standard InChI is InChI=1S/C13H24N4O/c1-10(2)7-15-13(18)11(3)14-6-5-12-8-16-17(4)9-12/h8-11,14H,5-7H2,1-4H3,(H,15,18). The molecule has 0 saturated carbocycles. The summed E-state index contributed by atoms with van der Waals surface area (Å²) in [5, 5.41) is 10.2. The van der Waals surface area contributed by atoms with Gasteiger partial charge in [-0.1, -0.05) is 13.8 Å². The van der Waals surface area contributed by atoms with Crippen LogP contribution < -0.4 is 10.6 Å². The van der Waals surface area contributed by atoms with Gasteiger partial charge in [-0.15, -0.1) is 0 Å². The predicted molar refractivity (Wildman–Crippen MR) is 72.2 cm³/mol. The maximum Gasteiger partial charge on any atom is 0.236 e. The first-order valence-electron chi connectivity index (χ1n) is 6.47. The molecule has 18 heavy (non-hydrogen) atoms. The largest absolute Gasteiger partial charge is 0.354 e. The van der Waals surface area contributed by atoms with Crippen LogP contribution in [0.15, 0.2) is 12.4 Å². The van der Waals surface area contributed by atoms with Crippen LogP contribution in [0.5, 0.6) is 0 Å². The molecule has 1 atom stereocenters. The van der Waals surface area contributed by atoms with Gasteiger partial charge in [-0.25, -0.2) is 0 Å². The third kappa shape index (κ3) is 5.31. The van der Waals surface area contributed by atoms with E-state index in [-0.39, 0.29) is 11.9 Å². The summed E-state index contributed by atoms with van der Waals surface area (Å²) in [6, 6.07) is -0.152. The van der Waals surface area contributed by atoms with Gasteiger partial charge in [0, 0.05) is 26.3 Å². The highest BCUT2D eigenvalue weighted by Crippen LogP contribution is 1.96. The van der Waals surface area contributed by atoms with E-state index in [1.165, 1.54) is 5.56 Å². The van der Waals surface area contributed by atoms with Crippen molar-refractivity contribution in [2.75, 3.05) is 13.1 Å². The van der Waals surface area contributed by atoms with Gasteiger partial charge < -0.3 is 10.6 Å². The number of aromatic nitrogens is 2. The smallest absolute Gasteiger partial charge is 0.236 e. The van der Waals surface area contributed by atoms with Crippen molar-refractivity contribution in [2.24, 2.45) is 13.0 Å². The van der Waals surface area contributed by atoms with E-state index in [4.69, 9.17) is 0 Å². The first-order chi connectivity index (χ1) is 8.49. The Hall–Kier alpha value is -1.36. The normalized spacial score (nSPS) is 12.7. The van der Waals surface area contributed by atoms with Crippen molar-refractivity contribution in [3.05, 3.63) is 18.0 Å². The van der Waals surface area contributed by atoms with Crippen molar-refractivity contribution in [3.8, 4) is 0 Å². The SMILES string of the molecule is CC(C)CNC(=O)C(C)NCCc1cnn(C)c1. The first-order valence-corrected chi connectivity index (χ1v) is 6.47. The number of nitrogens with one attached hydrogen (secondary N) is 2. The van der Waals surface area contributed by atoms with Crippen LogP contribution in [-0.2, 0) is 18.3 Å². The number of carbonyl (C=O) groups is 1. The fraction of sp³-hybridized carbons (Fsp3) is 0.692. The van der Waals surface area contributed by atoms with Crippen LogP contribution in [0.4, 0.5) is 0 Å². The van der Waals surface area contributed by atoms with Crippen LogP contribution in [0, 0.1) is 5.92 Å². The van der Waals surface area contributed by atoms with Gasteiger partial charge in [-0.2, -0.15) is 5.10 Å². The average Bonchev–Trinajstić information content (AvgIpc) is 2.71. The summed E-state index contributed by atoms with van der Waals surface area (Å²) < 4.78 is 1.79. The number of amides is 1. The van der Waals surface area contributed by atoms with Crippen LogP contribution in [-0.4, -0.2) is 34.8 Å². The molecule has 1 aromatic heterocycles. The minimum Gasteiger partial charge on any atom is -0.354 e. The molecule has 0 bridgehead atoms. The lowest BCUT2D eigenvalue weighted by Crippen LogP contribution is -2.43. The van der Waals surface area contributed by atoms with Gasteiger partial charge >= 0.3 is 0 Å². The quantitative estimate of drug-likeness (QED) is 0.751. The van der Waals surface area contributed by atoms with Crippen molar-refractivity contribution in [3.63, 3.8) is 0 Å². The van der Waals surface area contributed by atoms with Gasteiger partial charge in [0.25, 0.3) is 0 Å². The molecule has 1 heterocycles. The van der Waals surface area contributed by atoms with Gasteiger partial charge in [0.1, 0.15) is 0 Å². The summed E-state index contributed by atoms with van der Waals surface area (Å²) in [7, 11) is 1.90. The Bertz CT molecular complexity index is 373. The molecule has 1 amide bonds. The number of hydrogen-bond acceptors (Lipinski definition) is 3. The monoisotopic (exact) mass is 252 g/mol. The lowest BCUT2D eigenvalue weighted by molar-refractivity contribution is -0.122. The second kappa shape index (κ2) is 7.16. The molecule has 1 rings (SSSR count). The van der Waals surface area contributed by atoms with E-state index in [0.717, 1.165) is 19.5 Å². The Morgan fingerprint density at radius 2 is 2.17 bits per heavy atom. The van der Waals surface area contributed by atoms with E-state index in [0.29, 0.717) is 5.92 Å². The molecule has 0 saturated heterocycles. The van der Waals surface area contributed by atoms with Gasteiger partial charge in [-0.05, 0) is 24.8 Å². The Labute approximate surface area is 109 Å². The highest BCUT2D eigenvalue weighted by molar-refractivity contribution is 5.81. The fourth-order valence-electron chi connectivity index (χ4n) is 1.58. The molecule has 0 aromatic carbocycles. The summed E-state index contributed by atoms with van der Waals surface area (Å²) in [6.45, 7) is 7.57. The third-order valence-electron chi connectivity index (χ3n) is 2.70. The highest BCUT2D eigenvalue weighted by atomic mass is 16.2. The van der Waals surface area contributed by atoms with E-state index in [1.807, 2.05) is 26.4 Å². The molecule has 0 aliphatic heterocycles. The maximum atomic E-state index is 11.7. The van der Waals surface area contributed by atoms with Gasteiger partial charge in [-0.3, -0.25) is 9.48 Å². The Morgan fingerprint density at radius 1 is 1.44 bits per heavy atom. The van der Waals surface area contributed by atoms with Crippen molar-refractivity contribution < 1.29 is 4.79 Å². The third-order valence-corrected chi connectivity index (χ3v) is 2.70. The minimum absolute atomic E-state index is 0.0647. The van der Waals surface area contributed by atoms with Crippen LogP contribution >= 0.6 is 0 Å². The van der Waals surface area contributed by atoms with Gasteiger partial charge in [0.05, 0.1) is 12.2 Å². The van der Waals surface area contributed by atoms with Crippen LogP contribution in [0.1, 0.15) is 26.3 Å². The van der Waals surface area contributed by atoms with E-state index in [2.05, 4.69) is 29.6 Å². The lowest BCUT2D eigenvalue weighted by atomic mass is 10.2. The summed E-state index contributed by atoms with van der Waals surface area (Å²) in [5.74, 6) is 0.548. The van der Waals surface area contributed by atoms with Crippen molar-refractivity contribution in [1.82, 2.24) is 20.4 Å². The highest BCUT2D eigenvalue weighted by Gasteiger charge is 2.11. The Morgan fingerprint density at radius 3 is 2.72 bits per heavy atom. The second-order valence-electron chi connectivity index (χ2n) is 5.09. The molecule has 0 fully saturated rings. The number of rotatable bonds is 7. The number of nitrogens with zero attached hydrogens (tertiary/aromatic N) is 2. The second-order valence-corrected chi connectivity index (χ2v) is 5.09. The van der Waals surface area contributed by atoms with E-state index in [1.54, 1.807) is 4.68 Å². The molecular formula is C13H24N4O. The van der Waals surface area contributed by atoms with Crippen molar-refractivity contribution in [1.29, 1.82) is 0 Å². The van der Waals surface area contributed by atoms with Crippen LogP contribution in [0.2, 0.25) is 0 Å². The number of aryl methyl sites for hydroxylation is 1. The first kappa shape index (κ1) is 14.7. The summed E-state index contributed by atoms with van der Waals surface area (Å²) >= 11 is 0. The van der Waals surface area contributed by atoms with Gasteiger partial charge in [0.2, 0.25) is 5.91 Å². The topological polar surface area (TPSA) is 59.0 Å². The number of hydrogen-bond donors (Lipinski definition) is 2. The molecule has 0 spiro atoms. The molecule has 1 aromatic rings. The minimum atomic E-state index is -0.152. The Kier molecular flexibility index (Phi) is 5.85. The van der Waals surface area contributed by atoms with Gasteiger partial charge in [0.15, 0.2) is 0 Å². The van der Waals surface area contributed by atoms with E-state index < -0.39 is 0 Å². The molecule has 0 aliphatic carbocycles. The van der Waals surface area contributed by atoms with Crippen LogP contribution in [0.25, 0.3) is 0 Å². The summed E-state index contributed by atoms with van der Waals surface area (Å²) in [5.41, 5.74) is 1.18. The Balaban J connectivity index is 2.20. The fourth-order valence-corrected chi connectivity index (χ4v) is 1.58. The molecule has 102 valence electrons. The van der Waals surface area contributed by atoms with Crippen molar-refractivity contribution >= 4 is 5.91 Å². The predicted octanol–water partition coefficient (Wildman–Crippen LogP) is 0.713. The molecule has 5 heteroatoms. The zero-order chi connectivity index (χ0) is 13.5. The summed E-state index contributed by atoms with van der Waals surface area (Å²) in [4.78, 5) is 11.7. The van der Waals surface area contributed by atoms with E-state index in [9.17, 15) is 4.79 Å². The summed E-state index contributed by atoms with van der Waals surface area (Å²) in [6.07, 6.45) is 4.73. The molecule has 1 unspecified atom stereocenters.